The van der Waals surface area contributed by atoms with Gasteiger partial charge in [-0.15, -0.1) is 0 Å². The Hall–Kier alpha value is -4.66. The summed E-state index contributed by atoms with van der Waals surface area (Å²) in [5.74, 6) is 1.86. The fourth-order valence-corrected chi connectivity index (χ4v) is 3.92. The molecule has 5 rings (SSSR count). The number of nitrogens with zero attached hydrogens (tertiary/aromatic N) is 2. The van der Waals surface area contributed by atoms with Gasteiger partial charge in [-0.3, -0.25) is 14.6 Å². The molecule has 3 heterocycles. The number of hydrogen-bond acceptors (Lipinski definition) is 7. The van der Waals surface area contributed by atoms with Crippen LogP contribution in [0.5, 0.6) is 11.5 Å². The lowest BCUT2D eigenvalue weighted by atomic mass is 10.1. The van der Waals surface area contributed by atoms with Crippen LogP contribution in [0.4, 0.5) is 5.69 Å². The third-order valence-electron chi connectivity index (χ3n) is 5.87. The van der Waals surface area contributed by atoms with E-state index >= 15 is 0 Å². The monoisotopic (exact) mass is 498 g/mol. The maximum Gasteiger partial charge on any atom is 0.251 e. The van der Waals surface area contributed by atoms with Crippen LogP contribution in [-0.4, -0.2) is 35.0 Å². The standard InChI is InChI=1S/C28H26N4O5/c1-18-23(17-30-27(34)20-8-9-24-25(15-20)36-13-12-35-24)32-28(37-18)21-5-2-6-22(14-21)31-26(33)10-7-19-4-3-11-29-16-19/h2-6,8-9,11,14-16H,7,10,12-13,17H2,1H3,(H,30,34)(H,31,33). The number of anilines is 1. The highest BCUT2D eigenvalue weighted by atomic mass is 16.6. The molecule has 4 aromatic rings. The summed E-state index contributed by atoms with van der Waals surface area (Å²) in [6.45, 7) is 2.95. The van der Waals surface area contributed by atoms with Gasteiger partial charge in [0.15, 0.2) is 11.5 Å². The smallest absolute Gasteiger partial charge is 0.251 e. The molecular weight excluding hydrogens is 472 g/mol. The van der Waals surface area contributed by atoms with E-state index in [9.17, 15) is 9.59 Å². The number of pyridine rings is 1. The van der Waals surface area contributed by atoms with Gasteiger partial charge in [0.2, 0.25) is 11.8 Å². The van der Waals surface area contributed by atoms with E-state index in [1.807, 2.05) is 36.4 Å². The second-order valence-electron chi connectivity index (χ2n) is 8.55. The lowest BCUT2D eigenvalue weighted by Crippen LogP contribution is -2.24. The van der Waals surface area contributed by atoms with Crippen LogP contribution >= 0.6 is 0 Å². The molecule has 0 saturated carbocycles. The Bertz CT molecular complexity index is 1420. The van der Waals surface area contributed by atoms with Crippen LogP contribution in [0, 0.1) is 6.92 Å². The van der Waals surface area contributed by atoms with Gasteiger partial charge < -0.3 is 24.5 Å². The molecule has 9 nitrogen and oxygen atoms in total. The number of amides is 2. The minimum atomic E-state index is -0.253. The normalized spacial score (nSPS) is 12.1. The number of aromatic nitrogens is 2. The minimum absolute atomic E-state index is 0.0906. The molecule has 0 aliphatic carbocycles. The number of carbonyl (C=O) groups is 2. The van der Waals surface area contributed by atoms with E-state index in [4.69, 9.17) is 13.9 Å². The third kappa shape index (κ3) is 5.95. The molecule has 1 aliphatic rings. The molecule has 1 aliphatic heterocycles. The first kappa shape index (κ1) is 24.1. The summed E-state index contributed by atoms with van der Waals surface area (Å²) in [6.07, 6.45) is 4.43. The van der Waals surface area contributed by atoms with Gasteiger partial charge in [-0.1, -0.05) is 12.1 Å². The van der Waals surface area contributed by atoms with Gasteiger partial charge in [0, 0.05) is 35.6 Å². The molecule has 188 valence electrons. The predicted octanol–water partition coefficient (Wildman–Crippen LogP) is 4.32. The Kier molecular flexibility index (Phi) is 7.12. The molecule has 37 heavy (non-hydrogen) atoms. The lowest BCUT2D eigenvalue weighted by Gasteiger charge is -2.18. The first-order chi connectivity index (χ1) is 18.0. The first-order valence-corrected chi connectivity index (χ1v) is 12.0. The van der Waals surface area contributed by atoms with Crippen molar-refractivity contribution >= 4 is 17.5 Å². The van der Waals surface area contributed by atoms with Gasteiger partial charge in [0.1, 0.15) is 24.7 Å². The molecule has 2 aromatic carbocycles. The predicted molar refractivity (Wildman–Crippen MR) is 136 cm³/mol. The molecule has 2 aromatic heterocycles. The highest BCUT2D eigenvalue weighted by Gasteiger charge is 2.17. The van der Waals surface area contributed by atoms with Crippen molar-refractivity contribution in [3.8, 4) is 23.0 Å². The van der Waals surface area contributed by atoms with Crippen LogP contribution in [0.2, 0.25) is 0 Å². The number of fused-ring (bicyclic) bond motifs is 1. The maximum absolute atomic E-state index is 12.7. The van der Waals surface area contributed by atoms with E-state index in [0.29, 0.717) is 66.2 Å². The molecule has 2 N–H and O–H groups in total. The van der Waals surface area contributed by atoms with E-state index in [0.717, 1.165) is 11.1 Å². The zero-order valence-electron chi connectivity index (χ0n) is 20.3. The van der Waals surface area contributed by atoms with E-state index < -0.39 is 0 Å². The molecule has 0 atom stereocenters. The summed E-state index contributed by atoms with van der Waals surface area (Å²) >= 11 is 0. The van der Waals surface area contributed by atoms with Gasteiger partial charge in [-0.05, 0) is 61.4 Å². The minimum Gasteiger partial charge on any atom is -0.486 e. The van der Waals surface area contributed by atoms with Gasteiger partial charge in [0.05, 0.1) is 6.54 Å². The highest BCUT2D eigenvalue weighted by Crippen LogP contribution is 2.31. The van der Waals surface area contributed by atoms with Crippen LogP contribution in [0.1, 0.15) is 33.8 Å². The van der Waals surface area contributed by atoms with Crippen molar-refractivity contribution in [2.75, 3.05) is 18.5 Å². The number of rotatable bonds is 8. The number of ether oxygens (including phenoxy) is 2. The van der Waals surface area contributed by atoms with Crippen molar-refractivity contribution in [1.82, 2.24) is 15.3 Å². The molecule has 0 bridgehead atoms. The van der Waals surface area contributed by atoms with Crippen LogP contribution in [0.25, 0.3) is 11.5 Å². The topological polar surface area (TPSA) is 116 Å². The van der Waals surface area contributed by atoms with Crippen LogP contribution in [-0.2, 0) is 17.8 Å². The molecular formula is C28H26N4O5. The largest absolute Gasteiger partial charge is 0.486 e. The van der Waals surface area contributed by atoms with Crippen LogP contribution in [0.15, 0.2) is 71.4 Å². The van der Waals surface area contributed by atoms with Gasteiger partial charge >= 0.3 is 0 Å². The number of hydrogen-bond donors (Lipinski definition) is 2. The molecule has 0 radical (unpaired) electrons. The summed E-state index contributed by atoms with van der Waals surface area (Å²) in [7, 11) is 0. The third-order valence-corrected chi connectivity index (χ3v) is 5.87. The van der Waals surface area contributed by atoms with Crippen molar-refractivity contribution < 1.29 is 23.5 Å². The molecule has 0 spiro atoms. The van der Waals surface area contributed by atoms with Crippen molar-refractivity contribution in [1.29, 1.82) is 0 Å². The summed E-state index contributed by atoms with van der Waals surface area (Å²) in [5, 5.41) is 5.79. The van der Waals surface area contributed by atoms with Gasteiger partial charge in [-0.25, -0.2) is 4.98 Å². The molecule has 9 heteroatoms. The second kappa shape index (κ2) is 10.9. The Morgan fingerprint density at radius 1 is 1.00 bits per heavy atom. The zero-order valence-corrected chi connectivity index (χ0v) is 20.3. The highest BCUT2D eigenvalue weighted by molar-refractivity contribution is 5.95. The Morgan fingerprint density at radius 2 is 1.86 bits per heavy atom. The summed E-state index contributed by atoms with van der Waals surface area (Å²) in [4.78, 5) is 33.7. The van der Waals surface area contributed by atoms with Crippen LogP contribution in [0.3, 0.4) is 0 Å². The lowest BCUT2D eigenvalue weighted by molar-refractivity contribution is -0.116. The van der Waals surface area contributed by atoms with Gasteiger partial charge in [-0.2, -0.15) is 0 Å². The maximum atomic E-state index is 12.7. The Morgan fingerprint density at radius 3 is 2.70 bits per heavy atom. The number of aryl methyl sites for hydroxylation is 2. The number of carbonyl (C=O) groups excluding carboxylic acids is 2. The van der Waals surface area contributed by atoms with Gasteiger partial charge in [0.25, 0.3) is 5.91 Å². The molecule has 2 amide bonds. The Balaban J connectivity index is 1.20. The van der Waals surface area contributed by atoms with E-state index in [2.05, 4.69) is 20.6 Å². The fourth-order valence-electron chi connectivity index (χ4n) is 3.92. The van der Waals surface area contributed by atoms with E-state index in [1.165, 1.54) is 0 Å². The van der Waals surface area contributed by atoms with E-state index in [1.54, 1.807) is 37.5 Å². The van der Waals surface area contributed by atoms with Crippen molar-refractivity contribution in [3.05, 3.63) is 89.6 Å². The van der Waals surface area contributed by atoms with E-state index in [-0.39, 0.29) is 18.4 Å². The average molecular weight is 499 g/mol. The molecule has 0 fully saturated rings. The van der Waals surface area contributed by atoms with Crippen molar-refractivity contribution in [3.63, 3.8) is 0 Å². The summed E-state index contributed by atoms with van der Waals surface area (Å²) in [6, 6.07) is 16.2. The summed E-state index contributed by atoms with van der Waals surface area (Å²) < 4.78 is 16.9. The summed E-state index contributed by atoms with van der Waals surface area (Å²) in [5.41, 5.74) is 3.47. The molecule has 0 unspecified atom stereocenters. The number of nitrogens with one attached hydrogen (secondary N) is 2. The zero-order chi connectivity index (χ0) is 25.6. The quantitative estimate of drug-likeness (QED) is 0.372. The average Bonchev–Trinajstić information content (AvgIpc) is 3.31. The van der Waals surface area contributed by atoms with Crippen LogP contribution < -0.4 is 20.1 Å². The fraction of sp³-hybridized carbons (Fsp3) is 0.214. The second-order valence-corrected chi connectivity index (χ2v) is 8.55. The number of benzene rings is 2. The first-order valence-electron chi connectivity index (χ1n) is 12.0. The number of oxazole rings is 1. The Labute approximate surface area is 213 Å². The van der Waals surface area contributed by atoms with Crippen molar-refractivity contribution in [2.24, 2.45) is 0 Å². The van der Waals surface area contributed by atoms with Crippen molar-refractivity contribution in [2.45, 2.75) is 26.3 Å². The SMILES string of the molecule is Cc1oc(-c2cccc(NC(=O)CCc3cccnc3)c2)nc1CNC(=O)c1ccc2c(c1)OCCO2. The molecule has 0 saturated heterocycles.